The summed E-state index contributed by atoms with van der Waals surface area (Å²) in [7, 11) is 1.48. The van der Waals surface area contributed by atoms with Gasteiger partial charge in [-0.05, 0) is 36.1 Å². The van der Waals surface area contributed by atoms with Gasteiger partial charge in [-0.3, -0.25) is 4.90 Å². The van der Waals surface area contributed by atoms with Crippen LogP contribution >= 0.6 is 0 Å². The first kappa shape index (κ1) is 14.3. The van der Waals surface area contributed by atoms with Crippen molar-refractivity contribution >= 4 is 0 Å². The summed E-state index contributed by atoms with van der Waals surface area (Å²) in [5.41, 5.74) is 7.36. The summed E-state index contributed by atoms with van der Waals surface area (Å²) in [6, 6.07) is 5.31. The van der Waals surface area contributed by atoms with Crippen LogP contribution in [0.2, 0.25) is 0 Å². The highest BCUT2D eigenvalue weighted by molar-refractivity contribution is 5.29. The molecule has 1 unspecified atom stereocenters. The van der Waals surface area contributed by atoms with Gasteiger partial charge in [0.05, 0.1) is 7.11 Å². The zero-order chi connectivity index (χ0) is 14.0. The van der Waals surface area contributed by atoms with Crippen LogP contribution in [0.1, 0.15) is 25.8 Å². The lowest BCUT2D eigenvalue weighted by Gasteiger charge is -2.42. The Morgan fingerprint density at radius 1 is 1.47 bits per heavy atom. The lowest BCUT2D eigenvalue weighted by Crippen LogP contribution is -2.52. The van der Waals surface area contributed by atoms with Crippen LogP contribution in [0.3, 0.4) is 0 Å². The summed E-state index contributed by atoms with van der Waals surface area (Å²) in [5, 5.41) is 0. The maximum absolute atomic E-state index is 13.6. The van der Waals surface area contributed by atoms with Crippen LogP contribution < -0.4 is 10.5 Å². The van der Waals surface area contributed by atoms with Crippen LogP contribution in [0.4, 0.5) is 4.39 Å². The Bertz CT molecular complexity index is 448. The van der Waals surface area contributed by atoms with Crippen molar-refractivity contribution in [3.63, 3.8) is 0 Å². The first-order valence-corrected chi connectivity index (χ1v) is 6.73. The first-order chi connectivity index (χ1) is 8.92. The lowest BCUT2D eigenvalue weighted by molar-refractivity contribution is 0.101. The molecular formula is C15H23FN2O. The number of hydrogen-bond acceptors (Lipinski definition) is 3. The molecule has 1 aromatic carbocycles. The predicted octanol–water partition coefficient (Wildman–Crippen LogP) is 2.39. The Balaban J connectivity index is 2.01. The van der Waals surface area contributed by atoms with Crippen molar-refractivity contribution in [2.75, 3.05) is 20.2 Å². The monoisotopic (exact) mass is 266 g/mol. The molecule has 1 aliphatic heterocycles. The van der Waals surface area contributed by atoms with Gasteiger partial charge in [-0.1, -0.05) is 19.9 Å². The topological polar surface area (TPSA) is 38.5 Å². The average Bonchev–Trinajstić information content (AvgIpc) is 2.35. The van der Waals surface area contributed by atoms with Crippen molar-refractivity contribution in [2.45, 2.75) is 32.9 Å². The lowest BCUT2D eigenvalue weighted by atomic mass is 9.78. The number of hydrogen-bond donors (Lipinski definition) is 1. The average molecular weight is 266 g/mol. The van der Waals surface area contributed by atoms with Gasteiger partial charge in [0.1, 0.15) is 0 Å². The van der Waals surface area contributed by atoms with Crippen LogP contribution in [0, 0.1) is 11.2 Å². The number of nitrogens with two attached hydrogens (primary N) is 1. The molecule has 4 heteroatoms. The number of rotatable bonds is 3. The molecule has 0 aliphatic carbocycles. The zero-order valence-corrected chi connectivity index (χ0v) is 11.9. The van der Waals surface area contributed by atoms with Gasteiger partial charge in [0.25, 0.3) is 0 Å². The molecule has 2 N–H and O–H groups in total. The second-order valence-corrected chi connectivity index (χ2v) is 6.05. The van der Waals surface area contributed by atoms with Crippen molar-refractivity contribution in [2.24, 2.45) is 11.1 Å². The molecule has 1 aromatic rings. The summed E-state index contributed by atoms with van der Waals surface area (Å²) in [5.74, 6) is -0.0122. The first-order valence-electron chi connectivity index (χ1n) is 6.73. The van der Waals surface area contributed by atoms with Gasteiger partial charge in [-0.15, -0.1) is 0 Å². The number of likely N-dealkylation sites (tertiary alicyclic amines) is 1. The van der Waals surface area contributed by atoms with E-state index >= 15 is 0 Å². The number of benzene rings is 1. The summed E-state index contributed by atoms with van der Waals surface area (Å²) >= 11 is 0. The zero-order valence-electron chi connectivity index (χ0n) is 11.9. The van der Waals surface area contributed by atoms with Gasteiger partial charge in [-0.2, -0.15) is 0 Å². The van der Waals surface area contributed by atoms with Gasteiger partial charge in [0.15, 0.2) is 11.6 Å². The fourth-order valence-corrected chi connectivity index (χ4v) is 2.46. The highest BCUT2D eigenvalue weighted by Gasteiger charge is 2.32. The fraction of sp³-hybridized carbons (Fsp3) is 0.600. The highest BCUT2D eigenvalue weighted by atomic mass is 19.1. The number of nitrogens with zero attached hydrogens (tertiary/aromatic N) is 1. The Labute approximate surface area is 114 Å². The third kappa shape index (κ3) is 3.25. The van der Waals surface area contributed by atoms with Crippen molar-refractivity contribution < 1.29 is 9.13 Å². The smallest absolute Gasteiger partial charge is 0.165 e. The van der Waals surface area contributed by atoms with Crippen LogP contribution in [0.25, 0.3) is 0 Å². The van der Waals surface area contributed by atoms with E-state index < -0.39 is 0 Å². The molecule has 19 heavy (non-hydrogen) atoms. The molecule has 0 bridgehead atoms. The third-order valence-electron chi connectivity index (χ3n) is 4.15. The van der Waals surface area contributed by atoms with Crippen LogP contribution in [0.5, 0.6) is 5.75 Å². The molecule has 1 fully saturated rings. The van der Waals surface area contributed by atoms with E-state index in [4.69, 9.17) is 10.5 Å². The SMILES string of the molecule is COc1ccc(CN2CCC(C)(C)C(N)C2)cc1F. The van der Waals surface area contributed by atoms with Gasteiger partial charge in [-0.25, -0.2) is 4.39 Å². The molecule has 0 aromatic heterocycles. The van der Waals surface area contributed by atoms with Gasteiger partial charge >= 0.3 is 0 Å². The largest absolute Gasteiger partial charge is 0.494 e. The number of halogens is 1. The molecule has 0 amide bonds. The Morgan fingerprint density at radius 3 is 2.79 bits per heavy atom. The third-order valence-corrected chi connectivity index (χ3v) is 4.15. The fourth-order valence-electron chi connectivity index (χ4n) is 2.46. The Hall–Kier alpha value is -1.13. The second-order valence-electron chi connectivity index (χ2n) is 6.05. The molecule has 1 atom stereocenters. The van der Waals surface area contributed by atoms with Crippen LogP contribution in [-0.2, 0) is 6.54 Å². The molecule has 0 spiro atoms. The van der Waals surface area contributed by atoms with Gasteiger partial charge in [0, 0.05) is 19.1 Å². The minimum atomic E-state index is -0.304. The molecule has 2 rings (SSSR count). The quantitative estimate of drug-likeness (QED) is 0.913. The van der Waals surface area contributed by atoms with Crippen molar-refractivity contribution in [3.05, 3.63) is 29.6 Å². The molecule has 0 radical (unpaired) electrons. The molecule has 1 saturated heterocycles. The Morgan fingerprint density at radius 2 is 2.21 bits per heavy atom. The van der Waals surface area contributed by atoms with Crippen molar-refractivity contribution in [1.29, 1.82) is 0 Å². The van der Waals surface area contributed by atoms with E-state index in [1.165, 1.54) is 7.11 Å². The summed E-state index contributed by atoms with van der Waals surface area (Å²) in [6.07, 6.45) is 1.08. The summed E-state index contributed by atoms with van der Waals surface area (Å²) < 4.78 is 18.6. The number of methoxy groups -OCH3 is 1. The molecule has 1 heterocycles. The Kier molecular flexibility index (Phi) is 4.11. The van der Waals surface area contributed by atoms with Crippen LogP contribution in [-0.4, -0.2) is 31.1 Å². The molecule has 106 valence electrons. The van der Waals surface area contributed by atoms with E-state index in [9.17, 15) is 4.39 Å². The number of piperidine rings is 1. The van der Waals surface area contributed by atoms with Gasteiger partial charge < -0.3 is 10.5 Å². The minimum absolute atomic E-state index is 0.171. The summed E-state index contributed by atoms with van der Waals surface area (Å²) in [4.78, 5) is 2.29. The maximum Gasteiger partial charge on any atom is 0.165 e. The van der Waals surface area contributed by atoms with Crippen molar-refractivity contribution in [1.82, 2.24) is 4.90 Å². The molecule has 3 nitrogen and oxygen atoms in total. The van der Waals surface area contributed by atoms with E-state index in [1.807, 2.05) is 6.07 Å². The molecular weight excluding hydrogens is 243 g/mol. The minimum Gasteiger partial charge on any atom is -0.494 e. The van der Waals surface area contributed by atoms with E-state index in [1.54, 1.807) is 12.1 Å². The molecule has 1 aliphatic rings. The number of ether oxygens (including phenoxy) is 1. The van der Waals surface area contributed by atoms with E-state index in [-0.39, 0.29) is 17.3 Å². The predicted molar refractivity (Wildman–Crippen MR) is 74.6 cm³/mol. The summed E-state index contributed by atoms with van der Waals surface area (Å²) in [6.45, 7) is 7.03. The second kappa shape index (κ2) is 5.47. The normalized spacial score (nSPS) is 23.3. The maximum atomic E-state index is 13.6. The van der Waals surface area contributed by atoms with Crippen molar-refractivity contribution in [3.8, 4) is 5.75 Å². The van der Waals surface area contributed by atoms with E-state index in [0.717, 1.165) is 31.6 Å². The standard InChI is InChI=1S/C15H23FN2O/c1-15(2)6-7-18(10-14(15)17)9-11-4-5-13(19-3)12(16)8-11/h4-5,8,14H,6-7,9-10,17H2,1-3H3. The van der Waals surface area contributed by atoms with Crippen LogP contribution in [0.15, 0.2) is 18.2 Å². The van der Waals surface area contributed by atoms with E-state index in [2.05, 4.69) is 18.7 Å². The van der Waals surface area contributed by atoms with Gasteiger partial charge in [0.2, 0.25) is 0 Å². The van der Waals surface area contributed by atoms with E-state index in [0.29, 0.717) is 5.75 Å². The highest BCUT2D eigenvalue weighted by Crippen LogP contribution is 2.30. The molecule has 0 saturated carbocycles.